The van der Waals surface area contributed by atoms with Crippen LogP contribution in [0.25, 0.3) is 33.1 Å². The van der Waals surface area contributed by atoms with Crippen LogP contribution in [0, 0.1) is 0 Å². The van der Waals surface area contributed by atoms with Crippen LogP contribution in [0.5, 0.6) is 11.6 Å². The lowest BCUT2D eigenvalue weighted by atomic mass is 10.0. The zero-order valence-electron chi connectivity index (χ0n) is 19.0. The number of carbonyl (C=O) groups excluding carboxylic acids is 1. The molecule has 35 heavy (non-hydrogen) atoms. The summed E-state index contributed by atoms with van der Waals surface area (Å²) in [6.45, 7) is 1.38. The number of imidazole rings is 1. The molecule has 0 fully saturated rings. The maximum atomic E-state index is 12.8. The van der Waals surface area contributed by atoms with Crippen molar-refractivity contribution in [1.82, 2.24) is 30.2 Å². The zero-order valence-corrected chi connectivity index (χ0v) is 19.0. The SMILES string of the molecule is COCCOc1ccc2c(-c3c(O)[nH]c4ccc(C(=O)NCCc5cnc[nH]5)cc34)ncnc2c1. The predicted molar refractivity (Wildman–Crippen MR) is 130 cm³/mol. The van der Waals surface area contributed by atoms with E-state index in [1.807, 2.05) is 18.2 Å². The Morgan fingerprint density at radius 3 is 2.86 bits per heavy atom. The number of rotatable bonds is 9. The lowest BCUT2D eigenvalue weighted by Crippen LogP contribution is -2.25. The molecule has 10 nitrogen and oxygen atoms in total. The van der Waals surface area contributed by atoms with Gasteiger partial charge in [-0.05, 0) is 30.3 Å². The molecule has 2 aromatic carbocycles. The van der Waals surface area contributed by atoms with E-state index in [0.29, 0.717) is 65.2 Å². The van der Waals surface area contributed by atoms with E-state index in [9.17, 15) is 9.90 Å². The van der Waals surface area contributed by atoms with E-state index in [1.165, 1.54) is 6.33 Å². The maximum Gasteiger partial charge on any atom is 0.251 e. The van der Waals surface area contributed by atoms with Crippen LogP contribution in [0.1, 0.15) is 16.1 Å². The summed E-state index contributed by atoms with van der Waals surface area (Å²) >= 11 is 0. The number of nitrogens with zero attached hydrogens (tertiary/aromatic N) is 3. The van der Waals surface area contributed by atoms with Crippen molar-refractivity contribution in [2.75, 3.05) is 26.9 Å². The Morgan fingerprint density at radius 1 is 1.11 bits per heavy atom. The van der Waals surface area contributed by atoms with Crippen molar-refractivity contribution in [3.63, 3.8) is 0 Å². The summed E-state index contributed by atoms with van der Waals surface area (Å²) in [4.78, 5) is 31.6. The molecular formula is C25H24N6O4. The van der Waals surface area contributed by atoms with Gasteiger partial charge in [0.1, 0.15) is 18.7 Å². The Kier molecular flexibility index (Phi) is 6.27. The van der Waals surface area contributed by atoms with Gasteiger partial charge in [-0.3, -0.25) is 4.79 Å². The van der Waals surface area contributed by atoms with Gasteiger partial charge in [-0.1, -0.05) is 0 Å². The highest BCUT2D eigenvalue weighted by atomic mass is 16.5. The largest absolute Gasteiger partial charge is 0.494 e. The molecule has 0 spiro atoms. The minimum atomic E-state index is -0.205. The van der Waals surface area contributed by atoms with Crippen LogP contribution in [-0.2, 0) is 11.2 Å². The van der Waals surface area contributed by atoms with Crippen molar-refractivity contribution in [3.8, 4) is 22.9 Å². The third-order valence-electron chi connectivity index (χ3n) is 5.68. The normalized spacial score (nSPS) is 11.2. The van der Waals surface area contributed by atoms with Crippen LogP contribution in [-0.4, -0.2) is 62.8 Å². The fourth-order valence-electron chi connectivity index (χ4n) is 3.96. The van der Waals surface area contributed by atoms with Crippen LogP contribution in [0.15, 0.2) is 55.2 Å². The van der Waals surface area contributed by atoms with E-state index in [2.05, 4.69) is 30.2 Å². The number of nitrogens with one attached hydrogen (secondary N) is 3. The summed E-state index contributed by atoms with van der Waals surface area (Å²) < 4.78 is 10.7. The lowest BCUT2D eigenvalue weighted by Gasteiger charge is -2.09. The number of H-pyrrole nitrogens is 2. The Hall–Kier alpha value is -4.44. The highest BCUT2D eigenvalue weighted by Gasteiger charge is 2.19. The summed E-state index contributed by atoms with van der Waals surface area (Å²) in [6, 6.07) is 10.7. The first-order valence-electron chi connectivity index (χ1n) is 11.1. The van der Waals surface area contributed by atoms with E-state index >= 15 is 0 Å². The zero-order chi connectivity index (χ0) is 24.2. The summed E-state index contributed by atoms with van der Waals surface area (Å²) in [5, 5.41) is 15.1. The van der Waals surface area contributed by atoms with Crippen molar-refractivity contribution < 1.29 is 19.4 Å². The molecule has 178 valence electrons. The molecule has 5 rings (SSSR count). The van der Waals surface area contributed by atoms with Gasteiger partial charge in [0.25, 0.3) is 5.91 Å². The molecule has 3 heterocycles. The number of fused-ring (bicyclic) bond motifs is 2. The number of hydrogen-bond acceptors (Lipinski definition) is 7. The molecule has 0 aliphatic heterocycles. The third-order valence-corrected chi connectivity index (χ3v) is 5.68. The van der Waals surface area contributed by atoms with Gasteiger partial charge in [0.2, 0.25) is 0 Å². The average molecular weight is 473 g/mol. The topological polar surface area (TPSA) is 138 Å². The van der Waals surface area contributed by atoms with Gasteiger partial charge >= 0.3 is 0 Å². The fourth-order valence-corrected chi connectivity index (χ4v) is 3.96. The number of carbonyl (C=O) groups is 1. The Morgan fingerprint density at radius 2 is 2.03 bits per heavy atom. The third kappa shape index (κ3) is 4.64. The number of hydrogen-bond donors (Lipinski definition) is 4. The van der Waals surface area contributed by atoms with Crippen molar-refractivity contribution in [2.24, 2.45) is 0 Å². The van der Waals surface area contributed by atoms with Crippen molar-refractivity contribution in [1.29, 1.82) is 0 Å². The molecule has 10 heteroatoms. The molecule has 3 aromatic heterocycles. The minimum Gasteiger partial charge on any atom is -0.494 e. The van der Waals surface area contributed by atoms with E-state index < -0.39 is 0 Å². The molecule has 0 bridgehead atoms. The summed E-state index contributed by atoms with van der Waals surface area (Å²) in [7, 11) is 1.62. The van der Waals surface area contributed by atoms with Gasteiger partial charge in [0, 0.05) is 59.9 Å². The molecule has 1 amide bonds. The monoisotopic (exact) mass is 472 g/mol. The quantitative estimate of drug-likeness (QED) is 0.242. The van der Waals surface area contributed by atoms with Gasteiger partial charge in [-0.15, -0.1) is 0 Å². The van der Waals surface area contributed by atoms with Crippen LogP contribution in [0.4, 0.5) is 0 Å². The minimum absolute atomic E-state index is 0.0303. The van der Waals surface area contributed by atoms with E-state index in [-0.39, 0.29) is 11.8 Å². The summed E-state index contributed by atoms with van der Waals surface area (Å²) in [6.07, 6.45) is 5.43. The first-order valence-corrected chi connectivity index (χ1v) is 11.1. The van der Waals surface area contributed by atoms with E-state index in [1.54, 1.807) is 37.8 Å². The molecule has 0 saturated heterocycles. The molecule has 0 saturated carbocycles. The second-order valence-corrected chi connectivity index (χ2v) is 7.93. The smallest absolute Gasteiger partial charge is 0.251 e. The van der Waals surface area contributed by atoms with Crippen LogP contribution in [0.3, 0.4) is 0 Å². The van der Waals surface area contributed by atoms with Crippen molar-refractivity contribution in [2.45, 2.75) is 6.42 Å². The average Bonchev–Trinajstić information content (AvgIpc) is 3.50. The fraction of sp³-hybridized carbons (Fsp3) is 0.200. The van der Waals surface area contributed by atoms with Crippen molar-refractivity contribution in [3.05, 3.63) is 66.5 Å². The first-order chi connectivity index (χ1) is 17.1. The number of benzene rings is 2. The number of ether oxygens (including phenoxy) is 2. The molecule has 0 unspecified atom stereocenters. The van der Waals surface area contributed by atoms with Gasteiger partial charge in [0.15, 0.2) is 5.88 Å². The van der Waals surface area contributed by atoms with Gasteiger partial charge < -0.3 is 29.9 Å². The number of methoxy groups -OCH3 is 1. The molecule has 0 aliphatic rings. The second kappa shape index (κ2) is 9.82. The summed E-state index contributed by atoms with van der Waals surface area (Å²) in [5.41, 5.74) is 3.85. The number of aromatic amines is 2. The van der Waals surface area contributed by atoms with Gasteiger partial charge in [-0.2, -0.15) is 0 Å². The van der Waals surface area contributed by atoms with Crippen LogP contribution in [0.2, 0.25) is 0 Å². The second-order valence-electron chi connectivity index (χ2n) is 7.93. The number of amides is 1. The van der Waals surface area contributed by atoms with Gasteiger partial charge in [0.05, 0.1) is 29.7 Å². The standard InChI is InChI=1S/C25H24N6O4/c1-34-8-9-35-17-3-4-18-21(11-17)29-14-30-23(18)22-19-10-15(2-5-20(19)31-25(22)33)24(32)27-7-6-16-12-26-13-28-16/h2-5,10-14,31,33H,6-9H2,1H3,(H,26,28)(H,27,32). The lowest BCUT2D eigenvalue weighted by molar-refractivity contribution is 0.0954. The van der Waals surface area contributed by atoms with Crippen LogP contribution < -0.4 is 10.1 Å². The van der Waals surface area contributed by atoms with Crippen LogP contribution >= 0.6 is 0 Å². The molecular weight excluding hydrogens is 448 g/mol. The highest BCUT2D eigenvalue weighted by Crippen LogP contribution is 2.39. The molecule has 0 radical (unpaired) electrons. The van der Waals surface area contributed by atoms with Crippen molar-refractivity contribution >= 4 is 27.7 Å². The number of aromatic hydroxyl groups is 1. The first kappa shape index (κ1) is 22.4. The molecule has 5 aromatic rings. The Bertz CT molecular complexity index is 1480. The Balaban J connectivity index is 1.45. The van der Waals surface area contributed by atoms with E-state index in [4.69, 9.17) is 9.47 Å². The van der Waals surface area contributed by atoms with Gasteiger partial charge in [-0.25, -0.2) is 15.0 Å². The summed E-state index contributed by atoms with van der Waals surface area (Å²) in [5.74, 6) is 0.428. The predicted octanol–water partition coefficient (Wildman–Crippen LogP) is 3.20. The number of aromatic nitrogens is 5. The molecule has 4 N–H and O–H groups in total. The maximum absolute atomic E-state index is 12.8. The van der Waals surface area contributed by atoms with E-state index in [0.717, 1.165) is 11.1 Å². The molecule has 0 atom stereocenters. The Labute approximate surface area is 200 Å². The molecule has 0 aliphatic carbocycles. The highest BCUT2D eigenvalue weighted by molar-refractivity contribution is 6.07.